The van der Waals surface area contributed by atoms with Gasteiger partial charge in [-0.1, -0.05) is 33.6 Å². The molecule has 0 spiro atoms. The molecule has 0 saturated carbocycles. The molecule has 0 radical (unpaired) electrons. The van der Waals surface area contributed by atoms with Crippen LogP contribution in [0.2, 0.25) is 0 Å². The number of benzene rings is 1. The van der Waals surface area contributed by atoms with Crippen LogP contribution in [0.4, 0.5) is 0 Å². The van der Waals surface area contributed by atoms with Crippen molar-refractivity contribution < 1.29 is 0 Å². The summed E-state index contributed by atoms with van der Waals surface area (Å²) < 4.78 is 1.07. The summed E-state index contributed by atoms with van der Waals surface area (Å²) in [5.41, 5.74) is 5.08. The van der Waals surface area contributed by atoms with Gasteiger partial charge in [0.25, 0.3) is 0 Å². The molecular formula is C11H15BrN2. The van der Waals surface area contributed by atoms with Crippen LogP contribution in [-0.4, -0.2) is 0 Å². The van der Waals surface area contributed by atoms with Gasteiger partial charge in [-0.15, -0.1) is 6.58 Å². The minimum absolute atomic E-state index is 0.144. The van der Waals surface area contributed by atoms with Gasteiger partial charge in [0.05, 0.1) is 0 Å². The number of nitrogens with two attached hydrogens (primary N) is 1. The van der Waals surface area contributed by atoms with Gasteiger partial charge >= 0.3 is 0 Å². The van der Waals surface area contributed by atoms with Gasteiger partial charge in [-0.2, -0.15) is 0 Å². The van der Waals surface area contributed by atoms with E-state index in [0.29, 0.717) is 0 Å². The molecule has 3 N–H and O–H groups in total. The van der Waals surface area contributed by atoms with Crippen LogP contribution in [0, 0.1) is 0 Å². The molecule has 0 saturated heterocycles. The van der Waals surface area contributed by atoms with Gasteiger partial charge in [0, 0.05) is 10.5 Å². The molecule has 76 valence electrons. The molecule has 0 aliphatic rings. The first-order valence-corrected chi connectivity index (χ1v) is 5.28. The monoisotopic (exact) mass is 254 g/mol. The number of hydrogen-bond donors (Lipinski definition) is 2. The van der Waals surface area contributed by atoms with Gasteiger partial charge in [-0.25, -0.2) is 0 Å². The van der Waals surface area contributed by atoms with E-state index in [1.807, 2.05) is 19.1 Å². The zero-order valence-corrected chi connectivity index (χ0v) is 9.84. The van der Waals surface area contributed by atoms with Crippen molar-refractivity contribution in [3.8, 4) is 0 Å². The van der Waals surface area contributed by atoms with Gasteiger partial charge in [-0.05, 0) is 31.0 Å². The third-order valence-corrected chi connectivity index (χ3v) is 2.50. The first-order chi connectivity index (χ1) is 6.63. The van der Waals surface area contributed by atoms with Crippen molar-refractivity contribution in [3.05, 3.63) is 46.5 Å². The van der Waals surface area contributed by atoms with Crippen LogP contribution in [0.5, 0.6) is 0 Å². The first-order valence-electron chi connectivity index (χ1n) is 4.49. The Morgan fingerprint density at radius 3 is 2.86 bits per heavy atom. The Hall–Kier alpha value is -0.640. The summed E-state index contributed by atoms with van der Waals surface area (Å²) in [7, 11) is 0. The molecule has 1 aromatic carbocycles. The Morgan fingerprint density at radius 2 is 2.36 bits per heavy atom. The van der Waals surface area contributed by atoms with Crippen LogP contribution in [-0.2, 0) is 0 Å². The summed E-state index contributed by atoms with van der Waals surface area (Å²) in [6.45, 7) is 5.89. The Kier molecular flexibility index (Phi) is 4.32. The van der Waals surface area contributed by atoms with Crippen LogP contribution in [0.3, 0.4) is 0 Å². The minimum atomic E-state index is 0.144. The van der Waals surface area contributed by atoms with Crippen molar-refractivity contribution >= 4 is 15.9 Å². The maximum Gasteiger partial charge on any atom is 0.0497 e. The lowest BCUT2D eigenvalue weighted by Crippen LogP contribution is -2.28. The second kappa shape index (κ2) is 5.29. The van der Waals surface area contributed by atoms with Crippen LogP contribution in [0.25, 0.3) is 0 Å². The van der Waals surface area contributed by atoms with Gasteiger partial charge in [0.15, 0.2) is 0 Å². The minimum Gasteiger partial charge on any atom is -0.271 e. The second-order valence-electron chi connectivity index (χ2n) is 3.44. The van der Waals surface area contributed by atoms with E-state index in [4.69, 9.17) is 5.84 Å². The number of rotatable bonds is 4. The number of hydrazine groups is 1. The number of halogens is 1. The van der Waals surface area contributed by atoms with Gasteiger partial charge in [0.2, 0.25) is 0 Å². The zero-order chi connectivity index (χ0) is 10.6. The molecule has 0 fully saturated rings. The fraction of sp³-hybridized carbons (Fsp3) is 0.273. The van der Waals surface area contributed by atoms with Crippen molar-refractivity contribution in [1.82, 2.24) is 5.43 Å². The average Bonchev–Trinajstić information content (AvgIpc) is 2.14. The fourth-order valence-electron chi connectivity index (χ4n) is 1.34. The van der Waals surface area contributed by atoms with E-state index in [2.05, 4.69) is 40.1 Å². The Morgan fingerprint density at radius 1 is 1.64 bits per heavy atom. The highest BCUT2D eigenvalue weighted by atomic mass is 79.9. The normalized spacial score (nSPS) is 12.5. The van der Waals surface area contributed by atoms with Crippen LogP contribution in [0.1, 0.15) is 24.9 Å². The highest BCUT2D eigenvalue weighted by Gasteiger charge is 2.09. The molecule has 1 atom stereocenters. The molecule has 0 amide bonds. The summed E-state index contributed by atoms with van der Waals surface area (Å²) >= 11 is 3.43. The molecule has 14 heavy (non-hydrogen) atoms. The largest absolute Gasteiger partial charge is 0.271 e. The molecule has 0 aromatic heterocycles. The number of hydrogen-bond acceptors (Lipinski definition) is 2. The van der Waals surface area contributed by atoms with E-state index in [1.54, 1.807) is 0 Å². The maximum absolute atomic E-state index is 5.50. The lowest BCUT2D eigenvalue weighted by molar-refractivity contribution is 0.550. The molecule has 0 heterocycles. The van der Waals surface area contributed by atoms with Gasteiger partial charge < -0.3 is 0 Å². The Balaban J connectivity index is 2.83. The third kappa shape index (κ3) is 3.25. The molecule has 1 rings (SSSR count). The van der Waals surface area contributed by atoms with E-state index >= 15 is 0 Å². The van der Waals surface area contributed by atoms with E-state index in [9.17, 15) is 0 Å². The fourth-order valence-corrected chi connectivity index (χ4v) is 1.76. The molecule has 0 aliphatic carbocycles. The molecule has 3 heteroatoms. The summed E-state index contributed by atoms with van der Waals surface area (Å²) in [6, 6.07) is 8.26. The van der Waals surface area contributed by atoms with Crippen LogP contribution >= 0.6 is 15.9 Å². The second-order valence-corrected chi connectivity index (χ2v) is 4.35. The molecular weight excluding hydrogens is 240 g/mol. The first kappa shape index (κ1) is 11.4. The third-order valence-electron chi connectivity index (χ3n) is 2.00. The summed E-state index contributed by atoms with van der Waals surface area (Å²) in [5, 5.41) is 0. The Labute approximate surface area is 93.3 Å². The molecule has 0 aliphatic heterocycles. The molecule has 0 bridgehead atoms. The zero-order valence-electron chi connectivity index (χ0n) is 8.26. The SMILES string of the molecule is C=C(C)CC(NN)c1cccc(Br)c1. The van der Waals surface area contributed by atoms with Crippen molar-refractivity contribution in [3.63, 3.8) is 0 Å². The molecule has 1 unspecified atom stereocenters. The van der Waals surface area contributed by atoms with E-state index < -0.39 is 0 Å². The molecule has 2 nitrogen and oxygen atoms in total. The lowest BCUT2D eigenvalue weighted by Gasteiger charge is -2.16. The smallest absolute Gasteiger partial charge is 0.0497 e. The van der Waals surface area contributed by atoms with E-state index in [1.165, 1.54) is 5.56 Å². The molecule has 1 aromatic rings. The lowest BCUT2D eigenvalue weighted by atomic mass is 10.0. The number of nitrogens with one attached hydrogen (secondary N) is 1. The van der Waals surface area contributed by atoms with Crippen LogP contribution < -0.4 is 11.3 Å². The topological polar surface area (TPSA) is 38.0 Å². The Bertz CT molecular complexity index is 323. The predicted molar refractivity (Wildman–Crippen MR) is 63.6 cm³/mol. The standard InChI is InChI=1S/C11H15BrN2/c1-8(2)6-11(14-13)9-4-3-5-10(12)7-9/h3-5,7,11,14H,1,6,13H2,2H3. The van der Waals surface area contributed by atoms with Crippen molar-refractivity contribution in [2.45, 2.75) is 19.4 Å². The van der Waals surface area contributed by atoms with E-state index in [0.717, 1.165) is 16.5 Å². The summed E-state index contributed by atoms with van der Waals surface area (Å²) in [4.78, 5) is 0. The average molecular weight is 255 g/mol. The van der Waals surface area contributed by atoms with Gasteiger partial charge in [0.1, 0.15) is 0 Å². The van der Waals surface area contributed by atoms with Crippen molar-refractivity contribution in [2.75, 3.05) is 0 Å². The van der Waals surface area contributed by atoms with Crippen molar-refractivity contribution in [1.29, 1.82) is 0 Å². The van der Waals surface area contributed by atoms with Gasteiger partial charge in [-0.3, -0.25) is 11.3 Å². The summed E-state index contributed by atoms with van der Waals surface area (Å²) in [5.74, 6) is 5.50. The predicted octanol–water partition coefficient (Wildman–Crippen LogP) is 2.92. The highest BCUT2D eigenvalue weighted by molar-refractivity contribution is 9.10. The highest BCUT2D eigenvalue weighted by Crippen LogP contribution is 2.22. The van der Waals surface area contributed by atoms with Crippen molar-refractivity contribution in [2.24, 2.45) is 5.84 Å². The quantitative estimate of drug-likeness (QED) is 0.493. The van der Waals surface area contributed by atoms with E-state index in [-0.39, 0.29) is 6.04 Å². The maximum atomic E-state index is 5.50. The summed E-state index contributed by atoms with van der Waals surface area (Å²) in [6.07, 6.45) is 0.854. The van der Waals surface area contributed by atoms with Crippen LogP contribution in [0.15, 0.2) is 40.9 Å².